The first-order chi connectivity index (χ1) is 8.75. The fourth-order valence-corrected chi connectivity index (χ4v) is 2.65. The fraction of sp³-hybridized carbons (Fsp3) is 0.462. The Balaban J connectivity index is 1.98. The number of nitrogens with one attached hydrogen (secondary N) is 2. The zero-order valence-corrected chi connectivity index (χ0v) is 10.1. The fourth-order valence-electron chi connectivity index (χ4n) is 2.65. The lowest BCUT2D eigenvalue weighted by Crippen LogP contribution is -2.31. The number of H-pyrrole nitrogens is 1. The maximum Gasteiger partial charge on any atom is 0.326 e. The highest BCUT2D eigenvalue weighted by Gasteiger charge is 2.17. The van der Waals surface area contributed by atoms with Crippen molar-refractivity contribution in [2.45, 2.75) is 19.4 Å². The minimum absolute atomic E-state index is 0.214. The van der Waals surface area contributed by atoms with E-state index in [0.717, 1.165) is 25.9 Å². The van der Waals surface area contributed by atoms with Crippen molar-refractivity contribution in [2.24, 2.45) is 5.92 Å². The average Bonchev–Trinajstić information content (AvgIpc) is 2.70. The van der Waals surface area contributed by atoms with Crippen molar-refractivity contribution in [1.29, 1.82) is 0 Å². The largest absolute Gasteiger partial charge is 0.326 e. The topological polar surface area (TPSA) is 49.8 Å². The predicted octanol–water partition coefficient (Wildman–Crippen LogP) is 1.47. The van der Waals surface area contributed by atoms with E-state index in [1.807, 2.05) is 0 Å². The van der Waals surface area contributed by atoms with Gasteiger partial charge in [0.15, 0.2) is 0 Å². The zero-order chi connectivity index (χ0) is 12.5. The third kappa shape index (κ3) is 1.95. The molecule has 4 nitrogen and oxygen atoms in total. The van der Waals surface area contributed by atoms with E-state index in [9.17, 15) is 9.18 Å². The number of aromatic amines is 1. The van der Waals surface area contributed by atoms with Crippen LogP contribution >= 0.6 is 0 Å². The molecule has 0 aliphatic carbocycles. The number of fused-ring (bicyclic) bond motifs is 1. The molecule has 1 aliphatic rings. The summed E-state index contributed by atoms with van der Waals surface area (Å²) in [6.07, 6.45) is 2.13. The van der Waals surface area contributed by atoms with Crippen molar-refractivity contribution >= 4 is 11.0 Å². The maximum atomic E-state index is 13.6. The Morgan fingerprint density at radius 3 is 2.89 bits per heavy atom. The molecule has 3 rings (SSSR count). The Bertz CT molecular complexity index is 610. The van der Waals surface area contributed by atoms with E-state index < -0.39 is 0 Å². The number of hydrogen-bond donors (Lipinski definition) is 2. The summed E-state index contributed by atoms with van der Waals surface area (Å²) in [6.45, 7) is 2.66. The molecule has 18 heavy (non-hydrogen) atoms. The van der Waals surface area contributed by atoms with Crippen LogP contribution in [-0.2, 0) is 6.54 Å². The summed E-state index contributed by atoms with van der Waals surface area (Å²) in [5, 5.41) is 3.30. The Morgan fingerprint density at radius 1 is 1.33 bits per heavy atom. The van der Waals surface area contributed by atoms with E-state index in [4.69, 9.17) is 0 Å². The van der Waals surface area contributed by atoms with Gasteiger partial charge in [-0.15, -0.1) is 0 Å². The molecule has 2 heterocycles. The monoisotopic (exact) mass is 249 g/mol. The summed E-state index contributed by atoms with van der Waals surface area (Å²) >= 11 is 0. The third-order valence-electron chi connectivity index (χ3n) is 3.66. The minimum Gasteiger partial charge on any atom is -0.317 e. The van der Waals surface area contributed by atoms with E-state index in [1.165, 1.54) is 6.07 Å². The van der Waals surface area contributed by atoms with Gasteiger partial charge in [-0.25, -0.2) is 9.18 Å². The summed E-state index contributed by atoms with van der Waals surface area (Å²) in [7, 11) is 0. The SMILES string of the molecule is O=c1[nH]c2c(F)cccc2n1CC1CCNCC1. The minimum atomic E-state index is -0.367. The number of rotatable bonds is 2. The van der Waals surface area contributed by atoms with Crippen LogP contribution < -0.4 is 11.0 Å². The number of halogens is 1. The number of benzene rings is 1. The first-order valence-corrected chi connectivity index (χ1v) is 6.33. The van der Waals surface area contributed by atoms with Crippen LogP contribution in [0.1, 0.15) is 12.8 Å². The Morgan fingerprint density at radius 2 is 2.11 bits per heavy atom. The first-order valence-electron chi connectivity index (χ1n) is 6.33. The Hall–Kier alpha value is -1.62. The molecule has 0 saturated carbocycles. The van der Waals surface area contributed by atoms with Gasteiger partial charge in [-0.3, -0.25) is 4.57 Å². The molecule has 1 aliphatic heterocycles. The van der Waals surface area contributed by atoms with Crippen LogP contribution in [0.15, 0.2) is 23.0 Å². The summed E-state index contributed by atoms with van der Waals surface area (Å²) in [4.78, 5) is 14.5. The molecule has 0 atom stereocenters. The van der Waals surface area contributed by atoms with Gasteiger partial charge in [0.1, 0.15) is 11.3 Å². The van der Waals surface area contributed by atoms with E-state index in [0.29, 0.717) is 23.5 Å². The van der Waals surface area contributed by atoms with E-state index >= 15 is 0 Å². The highest BCUT2D eigenvalue weighted by Crippen LogP contribution is 2.18. The molecule has 1 aromatic heterocycles. The van der Waals surface area contributed by atoms with Gasteiger partial charge in [0, 0.05) is 6.54 Å². The van der Waals surface area contributed by atoms with Gasteiger partial charge in [-0.1, -0.05) is 6.07 Å². The number of para-hydroxylation sites is 1. The molecule has 0 amide bonds. The molecule has 1 fully saturated rings. The maximum absolute atomic E-state index is 13.6. The number of nitrogens with zero attached hydrogens (tertiary/aromatic N) is 1. The van der Waals surface area contributed by atoms with Crippen LogP contribution in [0.4, 0.5) is 4.39 Å². The second kappa shape index (κ2) is 4.57. The van der Waals surface area contributed by atoms with Gasteiger partial charge >= 0.3 is 5.69 Å². The molecule has 2 aromatic rings. The first kappa shape index (κ1) is 11.5. The number of hydrogen-bond acceptors (Lipinski definition) is 2. The third-order valence-corrected chi connectivity index (χ3v) is 3.66. The quantitative estimate of drug-likeness (QED) is 0.846. The molecule has 96 valence electrons. The van der Waals surface area contributed by atoms with Gasteiger partial charge in [0.2, 0.25) is 0 Å². The van der Waals surface area contributed by atoms with Crippen LogP contribution in [0, 0.1) is 11.7 Å². The zero-order valence-electron chi connectivity index (χ0n) is 10.1. The van der Waals surface area contributed by atoms with Crippen molar-refractivity contribution in [3.05, 3.63) is 34.5 Å². The second-order valence-electron chi connectivity index (χ2n) is 4.87. The van der Waals surface area contributed by atoms with Crippen LogP contribution in [0.2, 0.25) is 0 Å². The molecular formula is C13H16FN3O. The average molecular weight is 249 g/mol. The lowest BCUT2D eigenvalue weighted by atomic mass is 9.98. The Kier molecular flexibility index (Phi) is 2.91. The molecule has 0 unspecified atom stereocenters. The molecule has 2 N–H and O–H groups in total. The van der Waals surface area contributed by atoms with Crippen LogP contribution in [-0.4, -0.2) is 22.6 Å². The summed E-state index contributed by atoms with van der Waals surface area (Å²) < 4.78 is 15.2. The number of piperidine rings is 1. The summed E-state index contributed by atoms with van der Waals surface area (Å²) in [5.74, 6) is 0.125. The van der Waals surface area contributed by atoms with E-state index in [1.54, 1.807) is 16.7 Å². The summed E-state index contributed by atoms with van der Waals surface area (Å²) in [5.41, 5.74) is 0.767. The molecule has 1 aromatic carbocycles. The number of aromatic nitrogens is 2. The molecule has 5 heteroatoms. The summed E-state index contributed by atoms with van der Waals surface area (Å²) in [6, 6.07) is 4.80. The standard InChI is InChI=1S/C13H16FN3O/c14-10-2-1-3-11-12(10)16-13(18)17(11)8-9-4-6-15-7-5-9/h1-3,9,15H,4-8H2,(H,16,18). The molecule has 0 spiro atoms. The number of imidazole rings is 1. The van der Waals surface area contributed by atoms with E-state index in [2.05, 4.69) is 10.3 Å². The van der Waals surface area contributed by atoms with Gasteiger partial charge < -0.3 is 10.3 Å². The molecule has 1 saturated heterocycles. The Labute approximate surface area is 104 Å². The highest BCUT2D eigenvalue weighted by molar-refractivity contribution is 5.75. The van der Waals surface area contributed by atoms with Crippen molar-refractivity contribution in [2.75, 3.05) is 13.1 Å². The van der Waals surface area contributed by atoms with E-state index in [-0.39, 0.29) is 11.5 Å². The second-order valence-corrected chi connectivity index (χ2v) is 4.87. The molecular weight excluding hydrogens is 233 g/mol. The normalized spacial score (nSPS) is 17.4. The van der Waals surface area contributed by atoms with Crippen LogP contribution in [0.5, 0.6) is 0 Å². The molecule has 0 bridgehead atoms. The van der Waals surface area contributed by atoms with Gasteiger partial charge in [0.25, 0.3) is 0 Å². The van der Waals surface area contributed by atoms with Crippen molar-refractivity contribution in [1.82, 2.24) is 14.9 Å². The lowest BCUT2D eigenvalue weighted by Gasteiger charge is -2.22. The predicted molar refractivity (Wildman–Crippen MR) is 68.1 cm³/mol. The lowest BCUT2D eigenvalue weighted by molar-refractivity contribution is 0.333. The highest BCUT2D eigenvalue weighted by atomic mass is 19.1. The van der Waals surface area contributed by atoms with Gasteiger partial charge in [0.05, 0.1) is 5.52 Å². The smallest absolute Gasteiger partial charge is 0.317 e. The van der Waals surface area contributed by atoms with Crippen LogP contribution in [0.25, 0.3) is 11.0 Å². The van der Waals surface area contributed by atoms with Crippen molar-refractivity contribution in [3.8, 4) is 0 Å². The van der Waals surface area contributed by atoms with Crippen LogP contribution in [0.3, 0.4) is 0 Å². The molecule has 0 radical (unpaired) electrons. The van der Waals surface area contributed by atoms with Crippen molar-refractivity contribution in [3.63, 3.8) is 0 Å². The van der Waals surface area contributed by atoms with Gasteiger partial charge in [-0.05, 0) is 44.0 Å². The van der Waals surface area contributed by atoms with Gasteiger partial charge in [-0.2, -0.15) is 0 Å². The van der Waals surface area contributed by atoms with Crippen molar-refractivity contribution < 1.29 is 4.39 Å².